The minimum absolute atomic E-state index is 0.0321. The Balaban J connectivity index is 2.63. The Morgan fingerprint density at radius 3 is 3.00 bits per heavy atom. The standard InChI is InChI=1S/C9H16N4O4/c1-5(14)12-6-3-7(15)8(4-11-13-10)17-9(6)16-2/h6-9,15H,3-4H2,1-2H3,(H,12,14)/t6-,7+,8-,9+/m1/s1. The number of azide groups is 1. The van der Waals surface area contributed by atoms with Crippen LogP contribution in [0.5, 0.6) is 0 Å². The summed E-state index contributed by atoms with van der Waals surface area (Å²) >= 11 is 0. The van der Waals surface area contributed by atoms with Gasteiger partial charge in [0.1, 0.15) is 0 Å². The molecular weight excluding hydrogens is 228 g/mol. The number of amides is 1. The molecule has 17 heavy (non-hydrogen) atoms. The van der Waals surface area contributed by atoms with Crippen molar-refractivity contribution in [3.05, 3.63) is 10.4 Å². The van der Waals surface area contributed by atoms with Crippen molar-refractivity contribution < 1.29 is 19.4 Å². The van der Waals surface area contributed by atoms with Crippen molar-refractivity contribution in [2.24, 2.45) is 5.11 Å². The molecule has 8 nitrogen and oxygen atoms in total. The molecule has 8 heteroatoms. The average molecular weight is 244 g/mol. The molecule has 1 aliphatic heterocycles. The van der Waals surface area contributed by atoms with Gasteiger partial charge in [-0.1, -0.05) is 5.11 Å². The van der Waals surface area contributed by atoms with Gasteiger partial charge < -0.3 is 19.9 Å². The van der Waals surface area contributed by atoms with Gasteiger partial charge in [0, 0.05) is 25.4 Å². The minimum Gasteiger partial charge on any atom is -0.390 e. The van der Waals surface area contributed by atoms with Crippen LogP contribution in [0.15, 0.2) is 5.11 Å². The minimum atomic E-state index is -0.802. The average Bonchev–Trinajstić information content (AvgIpc) is 2.27. The summed E-state index contributed by atoms with van der Waals surface area (Å²) in [5.41, 5.74) is 8.21. The van der Waals surface area contributed by atoms with E-state index in [0.29, 0.717) is 6.42 Å². The second kappa shape index (κ2) is 6.41. The third-order valence-corrected chi connectivity index (χ3v) is 2.51. The maximum atomic E-state index is 11.0. The molecule has 0 aromatic carbocycles. The largest absolute Gasteiger partial charge is 0.390 e. The first-order valence-corrected chi connectivity index (χ1v) is 5.22. The van der Waals surface area contributed by atoms with E-state index in [1.165, 1.54) is 14.0 Å². The molecule has 0 aromatic heterocycles. The number of hydrogen-bond donors (Lipinski definition) is 2. The lowest BCUT2D eigenvalue weighted by Crippen LogP contribution is -2.55. The van der Waals surface area contributed by atoms with Crippen LogP contribution in [-0.4, -0.2) is 49.2 Å². The van der Waals surface area contributed by atoms with Crippen molar-refractivity contribution in [2.75, 3.05) is 13.7 Å². The molecular formula is C9H16N4O4. The number of hydrogen-bond acceptors (Lipinski definition) is 5. The number of carbonyl (C=O) groups is 1. The maximum absolute atomic E-state index is 11.0. The first-order valence-electron chi connectivity index (χ1n) is 5.22. The van der Waals surface area contributed by atoms with Gasteiger partial charge in [0.15, 0.2) is 6.29 Å². The Labute approximate surface area is 98.5 Å². The van der Waals surface area contributed by atoms with Crippen LogP contribution in [0.2, 0.25) is 0 Å². The van der Waals surface area contributed by atoms with Crippen LogP contribution in [0.3, 0.4) is 0 Å². The Hall–Kier alpha value is -1.34. The van der Waals surface area contributed by atoms with Crippen molar-refractivity contribution in [1.82, 2.24) is 5.32 Å². The monoisotopic (exact) mass is 244 g/mol. The zero-order valence-corrected chi connectivity index (χ0v) is 9.74. The van der Waals surface area contributed by atoms with Gasteiger partial charge >= 0.3 is 0 Å². The molecule has 1 heterocycles. The Kier molecular flexibility index (Phi) is 5.17. The van der Waals surface area contributed by atoms with Crippen molar-refractivity contribution in [3.63, 3.8) is 0 Å². The van der Waals surface area contributed by atoms with Crippen LogP contribution in [0, 0.1) is 0 Å². The van der Waals surface area contributed by atoms with E-state index in [-0.39, 0.29) is 12.5 Å². The summed E-state index contributed by atoms with van der Waals surface area (Å²) in [5.74, 6) is -0.221. The van der Waals surface area contributed by atoms with Gasteiger partial charge in [0.2, 0.25) is 5.91 Å². The second-order valence-electron chi connectivity index (χ2n) is 3.80. The van der Waals surface area contributed by atoms with Gasteiger partial charge in [0.05, 0.1) is 24.8 Å². The van der Waals surface area contributed by atoms with E-state index in [1.807, 2.05) is 0 Å². The van der Waals surface area contributed by atoms with E-state index in [1.54, 1.807) is 0 Å². The molecule has 4 atom stereocenters. The van der Waals surface area contributed by atoms with Gasteiger partial charge in [-0.2, -0.15) is 0 Å². The van der Waals surface area contributed by atoms with Crippen molar-refractivity contribution in [3.8, 4) is 0 Å². The van der Waals surface area contributed by atoms with E-state index in [4.69, 9.17) is 15.0 Å². The highest BCUT2D eigenvalue weighted by Crippen LogP contribution is 2.21. The van der Waals surface area contributed by atoms with E-state index >= 15 is 0 Å². The van der Waals surface area contributed by atoms with Gasteiger partial charge in [0.25, 0.3) is 0 Å². The van der Waals surface area contributed by atoms with Crippen LogP contribution in [0.25, 0.3) is 10.4 Å². The summed E-state index contributed by atoms with van der Waals surface area (Å²) in [6.45, 7) is 1.41. The zero-order valence-electron chi connectivity index (χ0n) is 9.74. The number of nitrogens with one attached hydrogen (secondary N) is 1. The molecule has 0 spiro atoms. The Bertz CT molecular complexity index is 318. The fourth-order valence-electron chi connectivity index (χ4n) is 1.77. The molecule has 0 bridgehead atoms. The van der Waals surface area contributed by atoms with Crippen LogP contribution < -0.4 is 5.32 Å². The number of methoxy groups -OCH3 is 1. The summed E-state index contributed by atoms with van der Waals surface area (Å²) in [7, 11) is 1.45. The van der Waals surface area contributed by atoms with E-state index in [2.05, 4.69) is 15.3 Å². The smallest absolute Gasteiger partial charge is 0.217 e. The molecule has 0 saturated carbocycles. The number of nitrogens with zero attached hydrogens (tertiary/aromatic N) is 3. The molecule has 2 N–H and O–H groups in total. The summed E-state index contributed by atoms with van der Waals surface area (Å²) in [4.78, 5) is 13.6. The Morgan fingerprint density at radius 1 is 1.76 bits per heavy atom. The molecule has 0 unspecified atom stereocenters. The lowest BCUT2D eigenvalue weighted by atomic mass is 10.0. The molecule has 1 rings (SSSR count). The van der Waals surface area contributed by atoms with Crippen molar-refractivity contribution in [1.29, 1.82) is 0 Å². The molecule has 1 amide bonds. The molecule has 0 radical (unpaired) electrons. The highest BCUT2D eigenvalue weighted by molar-refractivity contribution is 5.73. The number of ether oxygens (including phenoxy) is 2. The summed E-state index contributed by atoms with van der Waals surface area (Å²) in [6, 6.07) is -0.408. The highest BCUT2D eigenvalue weighted by Gasteiger charge is 2.37. The third-order valence-electron chi connectivity index (χ3n) is 2.51. The molecule has 0 aliphatic carbocycles. The summed E-state index contributed by atoms with van der Waals surface area (Å²) < 4.78 is 10.5. The SMILES string of the molecule is CO[C@H]1O[C@H](CN=[N+]=[N-])[C@@H](O)C[C@H]1NC(C)=O. The highest BCUT2D eigenvalue weighted by atomic mass is 16.7. The number of aliphatic hydroxyl groups excluding tert-OH is 1. The number of aliphatic hydroxyl groups is 1. The number of carbonyl (C=O) groups excluding carboxylic acids is 1. The number of rotatable bonds is 4. The van der Waals surface area contributed by atoms with Gasteiger partial charge in [-0.15, -0.1) is 0 Å². The predicted molar refractivity (Wildman–Crippen MR) is 57.9 cm³/mol. The molecule has 96 valence electrons. The molecule has 1 aliphatic rings. The first-order chi connectivity index (χ1) is 8.08. The molecule has 1 fully saturated rings. The summed E-state index contributed by atoms with van der Waals surface area (Å²) in [6.07, 6.45) is -1.77. The van der Waals surface area contributed by atoms with E-state index < -0.39 is 24.5 Å². The third kappa shape index (κ3) is 3.86. The molecule has 0 aromatic rings. The normalized spacial score (nSPS) is 32.6. The van der Waals surface area contributed by atoms with Crippen LogP contribution in [0.1, 0.15) is 13.3 Å². The van der Waals surface area contributed by atoms with E-state index in [9.17, 15) is 9.90 Å². The topological polar surface area (TPSA) is 117 Å². The molecule has 1 saturated heterocycles. The first kappa shape index (κ1) is 13.7. The second-order valence-corrected chi connectivity index (χ2v) is 3.80. The van der Waals surface area contributed by atoms with Gasteiger partial charge in [-0.25, -0.2) is 0 Å². The lowest BCUT2D eigenvalue weighted by Gasteiger charge is -2.38. The van der Waals surface area contributed by atoms with Crippen LogP contribution in [0.4, 0.5) is 0 Å². The van der Waals surface area contributed by atoms with Crippen LogP contribution in [-0.2, 0) is 14.3 Å². The zero-order chi connectivity index (χ0) is 12.8. The Morgan fingerprint density at radius 2 is 2.47 bits per heavy atom. The van der Waals surface area contributed by atoms with Gasteiger partial charge in [-0.3, -0.25) is 4.79 Å². The van der Waals surface area contributed by atoms with Gasteiger partial charge in [-0.05, 0) is 5.53 Å². The predicted octanol–water partition coefficient (Wildman–Crippen LogP) is -0.0763. The van der Waals surface area contributed by atoms with Crippen molar-refractivity contribution in [2.45, 2.75) is 37.9 Å². The fraction of sp³-hybridized carbons (Fsp3) is 0.889. The van der Waals surface area contributed by atoms with Crippen molar-refractivity contribution >= 4 is 5.91 Å². The maximum Gasteiger partial charge on any atom is 0.217 e. The quantitative estimate of drug-likeness (QED) is 0.408. The fourth-order valence-corrected chi connectivity index (χ4v) is 1.77. The van der Waals surface area contributed by atoms with Crippen LogP contribution >= 0.6 is 0 Å². The van der Waals surface area contributed by atoms with E-state index in [0.717, 1.165) is 0 Å². The summed E-state index contributed by atoms with van der Waals surface area (Å²) in [5, 5.41) is 15.8. The lowest BCUT2D eigenvalue weighted by molar-refractivity contribution is -0.222.